The molecular formula is C17H28ClN3O2. The molecule has 0 radical (unpaired) electrons. The van der Waals surface area contributed by atoms with Gasteiger partial charge in [-0.25, -0.2) is 0 Å². The van der Waals surface area contributed by atoms with E-state index in [0.717, 1.165) is 31.1 Å². The van der Waals surface area contributed by atoms with Crippen LogP contribution in [-0.2, 0) is 4.79 Å². The monoisotopic (exact) mass is 341 g/mol. The van der Waals surface area contributed by atoms with Crippen LogP contribution in [-0.4, -0.2) is 50.6 Å². The van der Waals surface area contributed by atoms with Gasteiger partial charge in [-0.05, 0) is 70.1 Å². The molecule has 1 heterocycles. The Kier molecular flexibility index (Phi) is 8.99. The lowest BCUT2D eigenvalue weighted by Gasteiger charge is -2.32. The number of rotatable bonds is 7. The number of amides is 1. The number of carbonyl (C=O) groups excluding carboxylic acids is 1. The van der Waals surface area contributed by atoms with Crippen molar-refractivity contribution in [3.8, 4) is 5.75 Å². The molecule has 0 bridgehead atoms. The number of ether oxygens (including phenoxy) is 1. The van der Waals surface area contributed by atoms with E-state index in [1.54, 1.807) is 0 Å². The molecule has 0 aromatic heterocycles. The fraction of sp³-hybridized carbons (Fsp3) is 0.588. The first kappa shape index (κ1) is 19.7. The lowest BCUT2D eigenvalue weighted by molar-refractivity contribution is -0.117. The summed E-state index contributed by atoms with van der Waals surface area (Å²) in [5.74, 6) is 1.53. The third kappa shape index (κ3) is 6.77. The Hall–Kier alpha value is -1.30. The van der Waals surface area contributed by atoms with E-state index < -0.39 is 0 Å². The number of hydrogen-bond donors (Lipinski definition) is 2. The summed E-state index contributed by atoms with van der Waals surface area (Å²) in [4.78, 5) is 14.4. The minimum Gasteiger partial charge on any atom is -0.494 e. The minimum atomic E-state index is 0. The van der Waals surface area contributed by atoms with Gasteiger partial charge in [0, 0.05) is 12.2 Å². The van der Waals surface area contributed by atoms with Gasteiger partial charge >= 0.3 is 0 Å². The largest absolute Gasteiger partial charge is 0.494 e. The third-order valence-electron chi connectivity index (χ3n) is 3.91. The van der Waals surface area contributed by atoms with Crippen LogP contribution in [0.5, 0.6) is 5.75 Å². The van der Waals surface area contributed by atoms with Gasteiger partial charge in [-0.3, -0.25) is 9.69 Å². The lowest BCUT2D eigenvalue weighted by atomic mass is 9.98. The molecule has 0 spiro atoms. The van der Waals surface area contributed by atoms with E-state index in [1.165, 1.54) is 12.8 Å². The van der Waals surface area contributed by atoms with E-state index in [0.29, 0.717) is 19.1 Å². The van der Waals surface area contributed by atoms with Gasteiger partial charge < -0.3 is 15.4 Å². The van der Waals surface area contributed by atoms with Crippen LogP contribution in [0, 0.1) is 5.92 Å². The number of nitrogens with one attached hydrogen (secondary N) is 2. The van der Waals surface area contributed by atoms with Gasteiger partial charge in [-0.15, -0.1) is 12.4 Å². The molecule has 1 unspecified atom stereocenters. The molecule has 0 aliphatic carbocycles. The van der Waals surface area contributed by atoms with Crippen molar-refractivity contribution in [1.82, 2.24) is 10.2 Å². The van der Waals surface area contributed by atoms with E-state index in [9.17, 15) is 4.79 Å². The number of piperidine rings is 1. The van der Waals surface area contributed by atoms with Crippen LogP contribution in [0.4, 0.5) is 5.69 Å². The first-order valence-electron chi connectivity index (χ1n) is 8.11. The van der Waals surface area contributed by atoms with Crippen molar-refractivity contribution in [2.45, 2.75) is 19.8 Å². The zero-order valence-corrected chi connectivity index (χ0v) is 14.8. The fourth-order valence-electron chi connectivity index (χ4n) is 2.95. The molecule has 1 fully saturated rings. The Labute approximate surface area is 145 Å². The number of anilines is 1. The van der Waals surface area contributed by atoms with Crippen LogP contribution in [0.15, 0.2) is 24.3 Å². The molecule has 1 atom stereocenters. The van der Waals surface area contributed by atoms with Gasteiger partial charge in [0.15, 0.2) is 0 Å². The lowest BCUT2D eigenvalue weighted by Crippen LogP contribution is -2.42. The maximum Gasteiger partial charge on any atom is 0.238 e. The van der Waals surface area contributed by atoms with E-state index in [2.05, 4.69) is 15.5 Å². The van der Waals surface area contributed by atoms with Crippen LogP contribution in [0.25, 0.3) is 0 Å². The second kappa shape index (κ2) is 10.5. The maximum absolute atomic E-state index is 12.2. The van der Waals surface area contributed by atoms with Gasteiger partial charge in [-0.1, -0.05) is 0 Å². The van der Waals surface area contributed by atoms with E-state index in [1.807, 2.05) is 38.2 Å². The van der Waals surface area contributed by atoms with Crippen molar-refractivity contribution in [2.75, 3.05) is 45.2 Å². The number of nitrogens with zero attached hydrogens (tertiary/aromatic N) is 1. The van der Waals surface area contributed by atoms with Crippen molar-refractivity contribution in [2.24, 2.45) is 5.92 Å². The molecule has 2 rings (SSSR count). The topological polar surface area (TPSA) is 53.6 Å². The summed E-state index contributed by atoms with van der Waals surface area (Å²) >= 11 is 0. The molecule has 1 aliphatic heterocycles. The summed E-state index contributed by atoms with van der Waals surface area (Å²) < 4.78 is 5.40. The SMILES string of the molecule is CCOc1ccc(NC(=O)CN2CCCC(CNC)C2)cc1.Cl. The van der Waals surface area contributed by atoms with Gasteiger partial charge in [0.05, 0.1) is 13.2 Å². The number of likely N-dealkylation sites (tertiary alicyclic amines) is 1. The standard InChI is InChI=1S/C17H27N3O2.ClH/c1-3-22-16-8-6-15(7-9-16)19-17(21)13-20-10-4-5-14(12-20)11-18-2;/h6-9,14,18H,3-5,10-13H2,1-2H3,(H,19,21);1H. The molecule has 6 heteroatoms. The van der Waals surface area contributed by atoms with E-state index in [-0.39, 0.29) is 18.3 Å². The van der Waals surface area contributed by atoms with Crippen molar-refractivity contribution < 1.29 is 9.53 Å². The van der Waals surface area contributed by atoms with Crippen LogP contribution in [0.1, 0.15) is 19.8 Å². The molecule has 0 saturated carbocycles. The predicted octanol–water partition coefficient (Wildman–Crippen LogP) is 2.38. The van der Waals surface area contributed by atoms with Crippen LogP contribution >= 0.6 is 12.4 Å². The van der Waals surface area contributed by atoms with Gasteiger partial charge in [0.1, 0.15) is 5.75 Å². The molecule has 2 N–H and O–H groups in total. The first-order valence-corrected chi connectivity index (χ1v) is 8.11. The zero-order chi connectivity index (χ0) is 15.8. The highest BCUT2D eigenvalue weighted by Crippen LogP contribution is 2.17. The first-order chi connectivity index (χ1) is 10.7. The summed E-state index contributed by atoms with van der Waals surface area (Å²) in [5, 5.41) is 6.18. The summed E-state index contributed by atoms with van der Waals surface area (Å²) in [6.07, 6.45) is 2.42. The van der Waals surface area contributed by atoms with Crippen LogP contribution < -0.4 is 15.4 Å². The van der Waals surface area contributed by atoms with Gasteiger partial charge in [-0.2, -0.15) is 0 Å². The summed E-state index contributed by atoms with van der Waals surface area (Å²) in [6.45, 7) is 6.10. The molecule has 130 valence electrons. The van der Waals surface area contributed by atoms with Crippen LogP contribution in [0.3, 0.4) is 0 Å². The Morgan fingerprint density at radius 1 is 1.35 bits per heavy atom. The Morgan fingerprint density at radius 2 is 2.09 bits per heavy atom. The van der Waals surface area contributed by atoms with Crippen LogP contribution in [0.2, 0.25) is 0 Å². The molecule has 5 nitrogen and oxygen atoms in total. The summed E-state index contributed by atoms with van der Waals surface area (Å²) in [7, 11) is 1.98. The number of carbonyl (C=O) groups is 1. The number of hydrogen-bond acceptors (Lipinski definition) is 4. The van der Waals surface area contributed by atoms with Crippen molar-refractivity contribution in [1.29, 1.82) is 0 Å². The van der Waals surface area contributed by atoms with Crippen molar-refractivity contribution in [3.63, 3.8) is 0 Å². The molecule has 1 aliphatic rings. The second-order valence-corrected chi connectivity index (χ2v) is 5.81. The predicted molar refractivity (Wildman–Crippen MR) is 96.6 cm³/mol. The zero-order valence-electron chi connectivity index (χ0n) is 14.0. The average molecular weight is 342 g/mol. The summed E-state index contributed by atoms with van der Waals surface area (Å²) in [6, 6.07) is 7.51. The highest BCUT2D eigenvalue weighted by atomic mass is 35.5. The van der Waals surface area contributed by atoms with Gasteiger partial charge in [0.2, 0.25) is 5.91 Å². The Morgan fingerprint density at radius 3 is 2.74 bits per heavy atom. The molecule has 1 amide bonds. The number of halogens is 1. The highest BCUT2D eigenvalue weighted by molar-refractivity contribution is 5.92. The smallest absolute Gasteiger partial charge is 0.238 e. The quantitative estimate of drug-likeness (QED) is 0.799. The molecular weight excluding hydrogens is 314 g/mol. The molecule has 23 heavy (non-hydrogen) atoms. The Balaban J connectivity index is 0.00000264. The molecule has 1 aromatic carbocycles. The maximum atomic E-state index is 12.2. The van der Waals surface area contributed by atoms with Crippen molar-refractivity contribution >= 4 is 24.0 Å². The second-order valence-electron chi connectivity index (χ2n) is 5.81. The Bertz CT molecular complexity index is 465. The summed E-state index contributed by atoms with van der Waals surface area (Å²) in [5.41, 5.74) is 0.817. The average Bonchev–Trinajstić information content (AvgIpc) is 2.50. The number of benzene rings is 1. The molecule has 1 saturated heterocycles. The fourth-order valence-corrected chi connectivity index (χ4v) is 2.95. The van der Waals surface area contributed by atoms with Crippen molar-refractivity contribution in [3.05, 3.63) is 24.3 Å². The normalized spacial score (nSPS) is 18.1. The van der Waals surface area contributed by atoms with E-state index >= 15 is 0 Å². The molecule has 1 aromatic rings. The van der Waals surface area contributed by atoms with E-state index in [4.69, 9.17) is 4.74 Å². The van der Waals surface area contributed by atoms with Gasteiger partial charge in [0.25, 0.3) is 0 Å². The minimum absolute atomic E-state index is 0. The third-order valence-corrected chi connectivity index (χ3v) is 3.91. The highest BCUT2D eigenvalue weighted by Gasteiger charge is 2.20.